The van der Waals surface area contributed by atoms with E-state index >= 15 is 0 Å². The molecule has 92 valence electrons. The molecule has 0 atom stereocenters. The van der Waals surface area contributed by atoms with Crippen molar-refractivity contribution < 1.29 is 14.1 Å². The first kappa shape index (κ1) is 13.0. The van der Waals surface area contributed by atoms with Crippen LogP contribution in [0.2, 0.25) is 0 Å². The third kappa shape index (κ3) is 3.17. The molecule has 0 unspecified atom stereocenters. The fourth-order valence-corrected chi connectivity index (χ4v) is 1.35. The third-order valence-electron chi connectivity index (χ3n) is 2.11. The molecule has 6 heteroatoms. The number of hydrogen-bond donors (Lipinski definition) is 0. The number of rotatable bonds is 5. The predicted octanol–water partition coefficient (Wildman–Crippen LogP) is 2.23. The molecular weight excluding hydrogens is 224 g/mol. The maximum absolute atomic E-state index is 11.9. The lowest BCUT2D eigenvalue weighted by atomic mass is 10.3. The molecule has 0 saturated heterocycles. The molecule has 0 bridgehead atoms. The summed E-state index contributed by atoms with van der Waals surface area (Å²) >= 11 is 0. The number of nitrogens with zero attached hydrogens (tertiary/aromatic N) is 2. The Morgan fingerprint density at radius 3 is 2.65 bits per heavy atom. The Labute approximate surface area is 98.7 Å². The van der Waals surface area contributed by atoms with Gasteiger partial charge in [0.05, 0.1) is 6.07 Å². The molecule has 1 heterocycles. The van der Waals surface area contributed by atoms with Crippen LogP contribution in [0.25, 0.3) is 0 Å². The summed E-state index contributed by atoms with van der Waals surface area (Å²) in [6.07, 6.45) is 0. The average molecular weight is 238 g/mol. The SMILES string of the molecule is C=C(C)CN(CC)C(=O)c1ccc([N+](=O)[O-])o1. The Morgan fingerprint density at radius 2 is 2.24 bits per heavy atom. The number of furan rings is 1. The summed E-state index contributed by atoms with van der Waals surface area (Å²) in [4.78, 5) is 23.2. The summed E-state index contributed by atoms with van der Waals surface area (Å²) < 4.78 is 4.85. The first-order valence-corrected chi connectivity index (χ1v) is 5.13. The first-order chi connectivity index (χ1) is 7.95. The second-order valence-corrected chi connectivity index (χ2v) is 3.67. The predicted molar refractivity (Wildman–Crippen MR) is 61.8 cm³/mol. The van der Waals surface area contributed by atoms with Crippen molar-refractivity contribution in [3.63, 3.8) is 0 Å². The van der Waals surface area contributed by atoms with E-state index in [1.165, 1.54) is 17.0 Å². The van der Waals surface area contributed by atoms with Crippen molar-refractivity contribution in [2.24, 2.45) is 0 Å². The van der Waals surface area contributed by atoms with Gasteiger partial charge in [-0.25, -0.2) is 0 Å². The van der Waals surface area contributed by atoms with Gasteiger partial charge in [0.15, 0.2) is 5.76 Å². The lowest BCUT2D eigenvalue weighted by Crippen LogP contribution is -2.31. The van der Waals surface area contributed by atoms with Crippen molar-refractivity contribution >= 4 is 11.8 Å². The maximum Gasteiger partial charge on any atom is 0.433 e. The van der Waals surface area contributed by atoms with Gasteiger partial charge in [0.1, 0.15) is 4.92 Å². The fourth-order valence-electron chi connectivity index (χ4n) is 1.35. The number of nitro groups is 1. The maximum atomic E-state index is 11.9. The highest BCUT2D eigenvalue weighted by molar-refractivity contribution is 5.91. The summed E-state index contributed by atoms with van der Waals surface area (Å²) in [6, 6.07) is 2.48. The molecule has 0 aliphatic rings. The molecule has 0 radical (unpaired) electrons. The standard InChI is InChI=1S/C11H14N2O4/c1-4-12(7-8(2)3)11(14)9-5-6-10(17-9)13(15)16/h5-6H,2,4,7H2,1,3H3. The van der Waals surface area contributed by atoms with E-state index in [0.717, 1.165) is 5.57 Å². The molecule has 1 aromatic heterocycles. The monoisotopic (exact) mass is 238 g/mol. The third-order valence-corrected chi connectivity index (χ3v) is 2.11. The molecule has 0 spiro atoms. The average Bonchev–Trinajstić information content (AvgIpc) is 2.73. The second kappa shape index (κ2) is 5.29. The zero-order valence-corrected chi connectivity index (χ0v) is 9.80. The lowest BCUT2D eigenvalue weighted by Gasteiger charge is -2.19. The molecule has 0 fully saturated rings. The minimum absolute atomic E-state index is 0.0280. The summed E-state index contributed by atoms with van der Waals surface area (Å²) in [5.74, 6) is -0.830. The van der Waals surface area contributed by atoms with Gasteiger partial charge in [-0.05, 0) is 19.9 Å². The summed E-state index contributed by atoms with van der Waals surface area (Å²) in [6.45, 7) is 8.24. The van der Waals surface area contributed by atoms with Crippen LogP contribution >= 0.6 is 0 Å². The van der Waals surface area contributed by atoms with Gasteiger partial charge in [-0.2, -0.15) is 0 Å². The van der Waals surface area contributed by atoms with Gasteiger partial charge in [-0.15, -0.1) is 0 Å². The summed E-state index contributed by atoms with van der Waals surface area (Å²) in [7, 11) is 0. The van der Waals surface area contributed by atoms with Gasteiger partial charge < -0.3 is 9.32 Å². The van der Waals surface area contributed by atoms with Crippen molar-refractivity contribution in [2.45, 2.75) is 13.8 Å². The highest BCUT2D eigenvalue weighted by Crippen LogP contribution is 2.17. The van der Waals surface area contributed by atoms with Gasteiger partial charge in [0.25, 0.3) is 5.91 Å². The second-order valence-electron chi connectivity index (χ2n) is 3.67. The van der Waals surface area contributed by atoms with E-state index in [9.17, 15) is 14.9 Å². The lowest BCUT2D eigenvalue weighted by molar-refractivity contribution is -0.402. The Hall–Kier alpha value is -2.11. The van der Waals surface area contributed by atoms with Crippen LogP contribution in [0.1, 0.15) is 24.4 Å². The Bertz CT molecular complexity index is 450. The largest absolute Gasteiger partial charge is 0.433 e. The molecular formula is C11H14N2O4. The van der Waals surface area contributed by atoms with Crippen LogP contribution in [0.4, 0.5) is 5.88 Å². The van der Waals surface area contributed by atoms with Crippen molar-refractivity contribution in [3.8, 4) is 0 Å². The Morgan fingerprint density at radius 1 is 1.59 bits per heavy atom. The van der Waals surface area contributed by atoms with E-state index in [1.807, 2.05) is 6.92 Å². The van der Waals surface area contributed by atoms with Gasteiger partial charge in [-0.1, -0.05) is 12.2 Å². The summed E-state index contributed by atoms with van der Waals surface area (Å²) in [5.41, 5.74) is 0.834. The molecule has 0 saturated carbocycles. The quantitative estimate of drug-likeness (QED) is 0.447. The van der Waals surface area contributed by atoms with E-state index in [1.54, 1.807) is 6.92 Å². The van der Waals surface area contributed by atoms with Crippen LogP contribution in [0.5, 0.6) is 0 Å². The van der Waals surface area contributed by atoms with Gasteiger partial charge in [0.2, 0.25) is 0 Å². The van der Waals surface area contributed by atoms with Crippen molar-refractivity contribution in [1.82, 2.24) is 4.90 Å². The Kier molecular flexibility index (Phi) is 4.03. The number of amides is 1. The van der Waals surface area contributed by atoms with Gasteiger partial charge in [0, 0.05) is 13.1 Å². The summed E-state index contributed by atoms with van der Waals surface area (Å²) in [5, 5.41) is 10.4. The van der Waals surface area contributed by atoms with Gasteiger partial charge in [-0.3, -0.25) is 14.9 Å². The number of likely N-dealkylation sites (N-methyl/N-ethyl adjacent to an activating group) is 1. The first-order valence-electron chi connectivity index (χ1n) is 5.13. The van der Waals surface area contributed by atoms with Crippen LogP contribution in [0.15, 0.2) is 28.7 Å². The zero-order valence-electron chi connectivity index (χ0n) is 9.80. The molecule has 0 aliphatic carbocycles. The van der Waals surface area contributed by atoms with E-state index < -0.39 is 10.8 Å². The van der Waals surface area contributed by atoms with E-state index in [0.29, 0.717) is 13.1 Å². The van der Waals surface area contributed by atoms with Crippen LogP contribution in [-0.2, 0) is 0 Å². The molecule has 1 amide bonds. The molecule has 1 rings (SSSR count). The molecule has 6 nitrogen and oxygen atoms in total. The van der Waals surface area contributed by atoms with Crippen LogP contribution in [0.3, 0.4) is 0 Å². The van der Waals surface area contributed by atoms with E-state index in [4.69, 9.17) is 4.42 Å². The van der Waals surface area contributed by atoms with Crippen molar-refractivity contribution in [1.29, 1.82) is 0 Å². The van der Waals surface area contributed by atoms with E-state index in [-0.39, 0.29) is 11.7 Å². The van der Waals surface area contributed by atoms with Crippen LogP contribution in [0, 0.1) is 10.1 Å². The Balaban J connectivity index is 2.86. The number of carbonyl (C=O) groups excluding carboxylic acids is 1. The molecule has 17 heavy (non-hydrogen) atoms. The van der Waals surface area contributed by atoms with Crippen LogP contribution in [-0.4, -0.2) is 28.8 Å². The molecule has 0 aromatic carbocycles. The van der Waals surface area contributed by atoms with Crippen molar-refractivity contribution in [2.75, 3.05) is 13.1 Å². The number of hydrogen-bond acceptors (Lipinski definition) is 4. The molecule has 1 aromatic rings. The number of carbonyl (C=O) groups is 1. The minimum atomic E-state index is -0.675. The van der Waals surface area contributed by atoms with Gasteiger partial charge >= 0.3 is 5.88 Å². The van der Waals surface area contributed by atoms with Crippen molar-refractivity contribution in [3.05, 3.63) is 40.2 Å². The minimum Gasteiger partial charge on any atom is -0.395 e. The van der Waals surface area contributed by atoms with E-state index in [2.05, 4.69) is 6.58 Å². The van der Waals surface area contributed by atoms with Crippen LogP contribution < -0.4 is 0 Å². The topological polar surface area (TPSA) is 76.6 Å². The fraction of sp³-hybridized carbons (Fsp3) is 0.364. The zero-order chi connectivity index (χ0) is 13.0. The molecule has 0 aliphatic heterocycles. The smallest absolute Gasteiger partial charge is 0.395 e. The highest BCUT2D eigenvalue weighted by atomic mass is 16.6. The normalized spacial score (nSPS) is 10.0. The highest BCUT2D eigenvalue weighted by Gasteiger charge is 2.21. The molecule has 0 N–H and O–H groups in total.